The highest BCUT2D eigenvalue weighted by molar-refractivity contribution is 7.45. The second kappa shape index (κ2) is 50.0. The SMILES string of the molecule is CC/C=C/C=C/C=C\CCCCCCCC(=O)OC(/C=C\CCCCCCCCCCCC)C(COP(=O)([O-])OCC[N+](C)(C)C)NC(=O)CCCCCCCCCCC/C=C\C/C=C\CCCCC. The van der Waals surface area contributed by atoms with Crippen LogP contribution in [0.5, 0.6) is 0 Å². The van der Waals surface area contributed by atoms with Crippen LogP contribution in [0, 0.1) is 0 Å². The molecule has 0 rings (SSSR count). The largest absolute Gasteiger partial charge is 0.756 e. The van der Waals surface area contributed by atoms with E-state index in [1.54, 1.807) is 0 Å². The van der Waals surface area contributed by atoms with Gasteiger partial charge in [0.05, 0.1) is 33.8 Å². The highest BCUT2D eigenvalue weighted by Gasteiger charge is 2.27. The third-order valence-electron chi connectivity index (χ3n) is 12.4. The average molecular weight is 1000 g/mol. The summed E-state index contributed by atoms with van der Waals surface area (Å²) in [6.07, 6.45) is 62.9. The normalized spacial score (nSPS) is 14.3. The van der Waals surface area contributed by atoms with Crippen molar-refractivity contribution in [3.63, 3.8) is 0 Å². The molecule has 0 aliphatic rings. The number of allylic oxidation sites excluding steroid dienone is 11. The molecule has 0 aromatic rings. The minimum absolute atomic E-state index is 0.0291. The molecule has 10 heteroatoms. The zero-order chi connectivity index (χ0) is 51.5. The molecule has 0 saturated carbocycles. The number of nitrogens with one attached hydrogen (secondary N) is 1. The van der Waals surface area contributed by atoms with E-state index >= 15 is 0 Å². The van der Waals surface area contributed by atoms with E-state index in [9.17, 15) is 19.0 Å². The van der Waals surface area contributed by atoms with E-state index in [2.05, 4.69) is 80.8 Å². The predicted molar refractivity (Wildman–Crippen MR) is 298 cm³/mol. The molecule has 1 N–H and O–H groups in total. The number of likely N-dealkylation sites (N-methyl/N-ethyl adjacent to an activating group) is 1. The van der Waals surface area contributed by atoms with Gasteiger partial charge in [-0.05, 0) is 83.1 Å². The van der Waals surface area contributed by atoms with Gasteiger partial charge >= 0.3 is 5.97 Å². The number of phosphoric acid groups is 1. The Balaban J connectivity index is 5.33. The van der Waals surface area contributed by atoms with Crippen molar-refractivity contribution < 1.29 is 37.3 Å². The molecule has 1 amide bonds. The smallest absolute Gasteiger partial charge is 0.306 e. The molecule has 0 radical (unpaired) electrons. The Morgan fingerprint density at radius 1 is 0.529 bits per heavy atom. The molecule has 0 aliphatic heterocycles. The second-order valence-electron chi connectivity index (χ2n) is 20.5. The number of amides is 1. The summed E-state index contributed by atoms with van der Waals surface area (Å²) >= 11 is 0. The van der Waals surface area contributed by atoms with Crippen molar-refractivity contribution >= 4 is 19.7 Å². The molecule has 0 aromatic carbocycles. The second-order valence-corrected chi connectivity index (χ2v) is 21.9. The van der Waals surface area contributed by atoms with Crippen LogP contribution in [0.3, 0.4) is 0 Å². The summed E-state index contributed by atoms with van der Waals surface area (Å²) in [5.41, 5.74) is 0. The Morgan fingerprint density at radius 2 is 0.971 bits per heavy atom. The van der Waals surface area contributed by atoms with Crippen molar-refractivity contribution in [2.24, 2.45) is 0 Å². The molecule has 70 heavy (non-hydrogen) atoms. The summed E-state index contributed by atoms with van der Waals surface area (Å²) in [5, 5.41) is 3.01. The van der Waals surface area contributed by atoms with Crippen LogP contribution < -0.4 is 10.2 Å². The lowest BCUT2D eigenvalue weighted by molar-refractivity contribution is -0.870. The minimum Gasteiger partial charge on any atom is -0.756 e. The van der Waals surface area contributed by atoms with Gasteiger partial charge in [0.1, 0.15) is 19.3 Å². The summed E-state index contributed by atoms with van der Waals surface area (Å²) < 4.78 is 30.2. The molecular weight excluding hydrogens is 892 g/mol. The molecule has 406 valence electrons. The summed E-state index contributed by atoms with van der Waals surface area (Å²) in [6, 6.07) is -0.900. The van der Waals surface area contributed by atoms with Crippen molar-refractivity contribution in [1.82, 2.24) is 5.32 Å². The van der Waals surface area contributed by atoms with Crippen molar-refractivity contribution in [3.8, 4) is 0 Å². The maximum Gasteiger partial charge on any atom is 0.306 e. The Hall–Kier alpha value is -2.55. The summed E-state index contributed by atoms with van der Waals surface area (Å²) in [4.78, 5) is 39.8. The molecule has 9 nitrogen and oxygen atoms in total. The van der Waals surface area contributed by atoms with Crippen molar-refractivity contribution in [2.75, 3.05) is 40.9 Å². The summed E-state index contributed by atoms with van der Waals surface area (Å²) in [7, 11) is 1.16. The highest BCUT2D eigenvalue weighted by Crippen LogP contribution is 2.38. The van der Waals surface area contributed by atoms with Crippen LogP contribution in [0.15, 0.2) is 72.9 Å². The maximum absolute atomic E-state index is 13.5. The van der Waals surface area contributed by atoms with Crippen LogP contribution in [0.4, 0.5) is 0 Å². The number of rotatable bonds is 51. The van der Waals surface area contributed by atoms with E-state index in [0.29, 0.717) is 23.9 Å². The van der Waals surface area contributed by atoms with E-state index in [1.807, 2.05) is 39.4 Å². The molecule has 0 bridgehead atoms. The molecule has 0 fully saturated rings. The minimum atomic E-state index is -4.70. The number of esters is 1. The van der Waals surface area contributed by atoms with Gasteiger partial charge in [0, 0.05) is 12.8 Å². The number of hydrogen-bond donors (Lipinski definition) is 1. The van der Waals surface area contributed by atoms with Crippen LogP contribution >= 0.6 is 7.82 Å². The van der Waals surface area contributed by atoms with Crippen molar-refractivity contribution in [3.05, 3.63) is 72.9 Å². The number of carbonyl (C=O) groups is 2. The quantitative estimate of drug-likeness (QED) is 0.0161. The first-order chi connectivity index (χ1) is 33.9. The van der Waals surface area contributed by atoms with Crippen LogP contribution in [-0.2, 0) is 27.9 Å². The Kier molecular flexibility index (Phi) is 48.2. The predicted octanol–water partition coefficient (Wildman–Crippen LogP) is 16.6. The number of quaternary nitrogens is 1. The topological polar surface area (TPSA) is 114 Å². The Bertz CT molecular complexity index is 1430. The van der Waals surface area contributed by atoms with Crippen molar-refractivity contribution in [1.29, 1.82) is 0 Å². The first-order valence-corrected chi connectivity index (χ1v) is 30.2. The van der Waals surface area contributed by atoms with Gasteiger partial charge in [0.2, 0.25) is 5.91 Å². The first-order valence-electron chi connectivity index (χ1n) is 28.8. The fourth-order valence-electron chi connectivity index (χ4n) is 7.96. The van der Waals surface area contributed by atoms with Crippen LogP contribution in [-0.4, -0.2) is 69.4 Å². The van der Waals surface area contributed by atoms with Crippen LogP contribution in [0.25, 0.3) is 0 Å². The van der Waals surface area contributed by atoms with E-state index in [0.717, 1.165) is 96.3 Å². The molecule has 3 atom stereocenters. The zero-order valence-corrected chi connectivity index (χ0v) is 47.1. The van der Waals surface area contributed by atoms with Gasteiger partial charge in [-0.2, -0.15) is 0 Å². The first kappa shape index (κ1) is 67.5. The molecular formula is C60H109N2O7P. The number of ether oxygens (including phenoxy) is 1. The van der Waals surface area contributed by atoms with Gasteiger partial charge in [-0.3, -0.25) is 14.2 Å². The maximum atomic E-state index is 13.5. The monoisotopic (exact) mass is 1000 g/mol. The molecule has 3 unspecified atom stereocenters. The van der Waals surface area contributed by atoms with Gasteiger partial charge in [-0.15, -0.1) is 0 Å². The van der Waals surface area contributed by atoms with E-state index in [4.69, 9.17) is 13.8 Å². The van der Waals surface area contributed by atoms with Gasteiger partial charge in [-0.1, -0.05) is 222 Å². The standard InChI is InChI=1S/C60H109N2O7P/c1-7-10-13-16-19-22-25-28-29-30-31-32-33-35-37-40-43-46-49-52-59(63)61-57(56-68-70(65,66)67-55-54-62(4,5)6)58(51-48-45-42-39-36-27-24-21-18-15-12-9-3)69-60(64)53-50-47-44-41-38-34-26-23-20-17-14-11-8-2/h11,14,17,19-20,22-23,26,28-29,48,51,57-58H,7-10,12-13,15-16,18,21,24-25,27,30-47,49-50,52-56H2,1-6H3,(H-,61,63,65,66)/b14-11+,20-17+,22-19-,26-23-,29-28-,51-48-. The highest BCUT2D eigenvalue weighted by atomic mass is 31.2. The number of nitrogens with zero attached hydrogens (tertiary/aromatic N) is 1. The average Bonchev–Trinajstić information content (AvgIpc) is 3.32. The lowest BCUT2D eigenvalue weighted by atomic mass is 10.0. The zero-order valence-electron chi connectivity index (χ0n) is 46.2. The number of unbranched alkanes of at least 4 members (excludes halogenated alkanes) is 27. The third kappa shape index (κ3) is 50.4. The third-order valence-corrected chi connectivity index (χ3v) is 13.4. The summed E-state index contributed by atoms with van der Waals surface area (Å²) in [5.74, 6) is -0.571. The van der Waals surface area contributed by atoms with Gasteiger partial charge in [0.15, 0.2) is 0 Å². The molecule has 0 heterocycles. The fourth-order valence-corrected chi connectivity index (χ4v) is 8.69. The number of hydrogen-bond acceptors (Lipinski definition) is 7. The van der Waals surface area contributed by atoms with Gasteiger partial charge < -0.3 is 28.5 Å². The molecule has 0 aliphatic carbocycles. The van der Waals surface area contributed by atoms with Gasteiger partial charge in [-0.25, -0.2) is 0 Å². The van der Waals surface area contributed by atoms with Crippen molar-refractivity contribution in [2.45, 2.75) is 258 Å². The van der Waals surface area contributed by atoms with E-state index in [1.165, 1.54) is 109 Å². The van der Waals surface area contributed by atoms with Crippen LogP contribution in [0.1, 0.15) is 245 Å². The molecule has 0 aromatic heterocycles. The Labute approximate surface area is 432 Å². The number of carbonyl (C=O) groups excluding carboxylic acids is 2. The lowest BCUT2D eigenvalue weighted by Crippen LogP contribution is -2.47. The van der Waals surface area contributed by atoms with E-state index < -0.39 is 26.6 Å². The summed E-state index contributed by atoms with van der Waals surface area (Å²) in [6.45, 7) is 6.66. The Morgan fingerprint density at radius 3 is 1.50 bits per heavy atom. The molecule has 0 saturated heterocycles. The molecule has 0 spiro atoms. The van der Waals surface area contributed by atoms with E-state index in [-0.39, 0.29) is 24.9 Å². The fraction of sp³-hybridized carbons (Fsp3) is 0.767. The van der Waals surface area contributed by atoms with Crippen LogP contribution in [0.2, 0.25) is 0 Å². The lowest BCUT2D eigenvalue weighted by Gasteiger charge is -2.30. The number of phosphoric ester groups is 1. The van der Waals surface area contributed by atoms with Gasteiger partial charge in [0.25, 0.3) is 7.82 Å².